The lowest BCUT2D eigenvalue weighted by Crippen LogP contribution is -2.04. The number of nitrogens with zero attached hydrogens (tertiary/aromatic N) is 2. The summed E-state index contributed by atoms with van der Waals surface area (Å²) >= 11 is 0. The maximum Gasteiger partial charge on any atom is 0.355 e. The van der Waals surface area contributed by atoms with Crippen LogP contribution in [0.25, 0.3) is 22.3 Å². The van der Waals surface area contributed by atoms with Crippen molar-refractivity contribution in [3.05, 3.63) is 59.3 Å². The summed E-state index contributed by atoms with van der Waals surface area (Å²) in [5, 5.41) is 9.92. The Morgan fingerprint density at radius 2 is 1.76 bits per heavy atom. The van der Waals surface area contributed by atoms with Gasteiger partial charge in [0.15, 0.2) is 11.5 Å². The van der Waals surface area contributed by atoms with E-state index in [0.29, 0.717) is 16.7 Å². The minimum absolute atomic E-state index is 0.0360. The molecule has 3 rings (SSSR count). The first-order valence-corrected chi connectivity index (χ1v) is 6.64. The number of aromatic carboxylic acids is 1. The molecule has 0 spiro atoms. The standard InChI is InChI=1S/C17H14N2O2/c1-10-7-8-12(9-11(10)2)16-18-14-6-4-3-5-13(14)15(19-16)17(20)21/h3-9H,1-2H3,(H,20,21). The number of aromatic nitrogens is 2. The Bertz CT molecular complexity index is 857. The zero-order valence-electron chi connectivity index (χ0n) is 11.8. The second-order valence-electron chi connectivity index (χ2n) is 5.02. The van der Waals surface area contributed by atoms with Gasteiger partial charge in [-0.25, -0.2) is 14.8 Å². The molecule has 0 saturated heterocycles. The quantitative estimate of drug-likeness (QED) is 0.777. The molecule has 4 nitrogen and oxygen atoms in total. The van der Waals surface area contributed by atoms with Gasteiger partial charge in [0.2, 0.25) is 0 Å². The van der Waals surface area contributed by atoms with Gasteiger partial charge in [-0.15, -0.1) is 0 Å². The zero-order chi connectivity index (χ0) is 15.0. The van der Waals surface area contributed by atoms with Gasteiger partial charge in [-0.1, -0.05) is 30.3 Å². The molecular weight excluding hydrogens is 264 g/mol. The van der Waals surface area contributed by atoms with E-state index in [1.165, 1.54) is 5.56 Å². The number of carboxylic acids is 1. The first-order valence-electron chi connectivity index (χ1n) is 6.64. The van der Waals surface area contributed by atoms with Crippen molar-refractivity contribution in [2.75, 3.05) is 0 Å². The van der Waals surface area contributed by atoms with Gasteiger partial charge in [-0.2, -0.15) is 0 Å². The van der Waals surface area contributed by atoms with Gasteiger partial charge in [0.25, 0.3) is 0 Å². The molecule has 0 amide bonds. The fourth-order valence-electron chi connectivity index (χ4n) is 2.25. The number of carboxylic acid groups (broad SMARTS) is 1. The molecule has 3 aromatic rings. The Hall–Kier alpha value is -2.75. The number of carbonyl (C=O) groups is 1. The second-order valence-corrected chi connectivity index (χ2v) is 5.02. The molecular formula is C17H14N2O2. The Kier molecular flexibility index (Phi) is 3.14. The number of hydrogen-bond donors (Lipinski definition) is 1. The number of rotatable bonds is 2. The Morgan fingerprint density at radius 1 is 1.00 bits per heavy atom. The molecule has 0 aliphatic heterocycles. The van der Waals surface area contributed by atoms with Crippen LogP contribution in [0.15, 0.2) is 42.5 Å². The molecule has 21 heavy (non-hydrogen) atoms. The number of aryl methyl sites for hydroxylation is 2. The lowest BCUT2D eigenvalue weighted by atomic mass is 10.1. The highest BCUT2D eigenvalue weighted by molar-refractivity contribution is 6.01. The fourth-order valence-corrected chi connectivity index (χ4v) is 2.25. The first kappa shape index (κ1) is 13.2. The van der Waals surface area contributed by atoms with Crippen molar-refractivity contribution in [1.29, 1.82) is 0 Å². The van der Waals surface area contributed by atoms with Crippen molar-refractivity contribution < 1.29 is 9.90 Å². The van der Waals surface area contributed by atoms with Gasteiger partial charge in [0.05, 0.1) is 5.52 Å². The maximum atomic E-state index is 11.4. The molecule has 2 aromatic carbocycles. The normalized spacial score (nSPS) is 10.8. The highest BCUT2D eigenvalue weighted by Crippen LogP contribution is 2.23. The van der Waals surface area contributed by atoms with Crippen LogP contribution in [0.2, 0.25) is 0 Å². The van der Waals surface area contributed by atoms with Crippen molar-refractivity contribution in [2.24, 2.45) is 0 Å². The molecule has 0 atom stereocenters. The summed E-state index contributed by atoms with van der Waals surface area (Å²) < 4.78 is 0. The average molecular weight is 278 g/mol. The number of fused-ring (bicyclic) bond motifs is 1. The summed E-state index contributed by atoms with van der Waals surface area (Å²) in [6.45, 7) is 4.04. The fraction of sp³-hybridized carbons (Fsp3) is 0.118. The van der Waals surface area contributed by atoms with Crippen LogP contribution >= 0.6 is 0 Å². The molecule has 1 aromatic heterocycles. The van der Waals surface area contributed by atoms with Crippen molar-refractivity contribution in [3.8, 4) is 11.4 Å². The van der Waals surface area contributed by atoms with Crippen LogP contribution in [0.1, 0.15) is 21.6 Å². The van der Waals surface area contributed by atoms with E-state index in [4.69, 9.17) is 0 Å². The molecule has 0 bridgehead atoms. The summed E-state index contributed by atoms with van der Waals surface area (Å²) in [4.78, 5) is 20.1. The average Bonchev–Trinajstić information content (AvgIpc) is 2.48. The first-order chi connectivity index (χ1) is 10.1. The van der Waals surface area contributed by atoms with Crippen LogP contribution in [0.4, 0.5) is 0 Å². The van der Waals surface area contributed by atoms with Crippen LogP contribution in [-0.4, -0.2) is 21.0 Å². The largest absolute Gasteiger partial charge is 0.476 e. The molecule has 4 heteroatoms. The van der Waals surface area contributed by atoms with Crippen LogP contribution < -0.4 is 0 Å². The van der Waals surface area contributed by atoms with Crippen molar-refractivity contribution in [2.45, 2.75) is 13.8 Å². The van der Waals surface area contributed by atoms with E-state index in [0.717, 1.165) is 11.1 Å². The Balaban J connectivity index is 2.28. The van der Waals surface area contributed by atoms with Crippen LogP contribution in [-0.2, 0) is 0 Å². The third-order valence-corrected chi connectivity index (χ3v) is 3.57. The predicted octanol–water partition coefficient (Wildman–Crippen LogP) is 3.61. The van der Waals surface area contributed by atoms with E-state index >= 15 is 0 Å². The zero-order valence-corrected chi connectivity index (χ0v) is 11.8. The van der Waals surface area contributed by atoms with E-state index in [-0.39, 0.29) is 5.69 Å². The minimum Gasteiger partial charge on any atom is -0.476 e. The van der Waals surface area contributed by atoms with Crippen LogP contribution in [0.5, 0.6) is 0 Å². The highest BCUT2D eigenvalue weighted by Gasteiger charge is 2.14. The second kappa shape index (κ2) is 4.98. The summed E-state index contributed by atoms with van der Waals surface area (Å²) in [6, 6.07) is 13.0. The van der Waals surface area contributed by atoms with Crippen molar-refractivity contribution in [3.63, 3.8) is 0 Å². The van der Waals surface area contributed by atoms with E-state index in [1.54, 1.807) is 18.2 Å². The maximum absolute atomic E-state index is 11.4. The molecule has 1 heterocycles. The van der Waals surface area contributed by atoms with Crippen LogP contribution in [0, 0.1) is 13.8 Å². The molecule has 0 aliphatic carbocycles. The topological polar surface area (TPSA) is 63.1 Å². The van der Waals surface area contributed by atoms with Crippen molar-refractivity contribution >= 4 is 16.9 Å². The Morgan fingerprint density at radius 3 is 2.48 bits per heavy atom. The van der Waals surface area contributed by atoms with Gasteiger partial charge in [-0.3, -0.25) is 0 Å². The van der Waals surface area contributed by atoms with Gasteiger partial charge < -0.3 is 5.11 Å². The van der Waals surface area contributed by atoms with Gasteiger partial charge in [0, 0.05) is 10.9 Å². The lowest BCUT2D eigenvalue weighted by Gasteiger charge is -2.07. The molecule has 0 radical (unpaired) electrons. The summed E-state index contributed by atoms with van der Waals surface area (Å²) in [6.07, 6.45) is 0. The molecule has 104 valence electrons. The molecule has 1 N–H and O–H groups in total. The van der Waals surface area contributed by atoms with E-state index in [1.807, 2.05) is 38.1 Å². The molecule has 0 aliphatic rings. The third-order valence-electron chi connectivity index (χ3n) is 3.57. The third kappa shape index (κ3) is 2.36. The number of para-hydroxylation sites is 1. The Labute approximate surface area is 122 Å². The van der Waals surface area contributed by atoms with Gasteiger partial charge in [-0.05, 0) is 37.1 Å². The van der Waals surface area contributed by atoms with Gasteiger partial charge in [0.1, 0.15) is 0 Å². The van der Waals surface area contributed by atoms with Gasteiger partial charge >= 0.3 is 5.97 Å². The predicted molar refractivity (Wildman–Crippen MR) is 81.4 cm³/mol. The monoisotopic (exact) mass is 278 g/mol. The molecule has 0 saturated carbocycles. The lowest BCUT2D eigenvalue weighted by molar-refractivity contribution is 0.0693. The molecule has 0 fully saturated rings. The number of hydrogen-bond acceptors (Lipinski definition) is 3. The smallest absolute Gasteiger partial charge is 0.355 e. The number of benzene rings is 2. The van der Waals surface area contributed by atoms with E-state index in [9.17, 15) is 9.90 Å². The minimum atomic E-state index is -1.04. The SMILES string of the molecule is Cc1ccc(-c2nc(C(=O)O)c3ccccc3n2)cc1C. The summed E-state index contributed by atoms with van der Waals surface area (Å²) in [7, 11) is 0. The summed E-state index contributed by atoms with van der Waals surface area (Å²) in [5.74, 6) is -0.604. The van der Waals surface area contributed by atoms with Crippen LogP contribution in [0.3, 0.4) is 0 Å². The molecule has 0 unspecified atom stereocenters. The van der Waals surface area contributed by atoms with E-state index < -0.39 is 5.97 Å². The van der Waals surface area contributed by atoms with E-state index in [2.05, 4.69) is 9.97 Å². The summed E-state index contributed by atoms with van der Waals surface area (Å²) in [5.41, 5.74) is 3.80. The van der Waals surface area contributed by atoms with Crippen molar-refractivity contribution in [1.82, 2.24) is 9.97 Å². The highest BCUT2D eigenvalue weighted by atomic mass is 16.4.